The van der Waals surface area contributed by atoms with Crippen LogP contribution in [0.15, 0.2) is 29.9 Å². The van der Waals surface area contributed by atoms with Crippen LogP contribution in [0.2, 0.25) is 0 Å². The Hall–Kier alpha value is -1.35. The molecule has 0 spiro atoms. The van der Waals surface area contributed by atoms with Gasteiger partial charge in [0.05, 0.1) is 16.4 Å². The molecule has 0 saturated carbocycles. The molecular formula is C15H20IN3O2S. The van der Waals surface area contributed by atoms with E-state index < -0.39 is 0 Å². The first-order valence-electron chi connectivity index (χ1n) is 6.89. The van der Waals surface area contributed by atoms with Crippen LogP contribution in [0.1, 0.15) is 19.4 Å². The fraction of sp³-hybridized carbons (Fsp3) is 0.333. The number of thiocarbonyl (C=S) groups is 1. The van der Waals surface area contributed by atoms with Gasteiger partial charge in [0.25, 0.3) is 0 Å². The third-order valence-corrected chi connectivity index (χ3v) is 3.43. The number of hydrogen-bond acceptors (Lipinski definition) is 4. The molecule has 0 atom stereocenters. The van der Waals surface area contributed by atoms with Crippen LogP contribution in [0.3, 0.4) is 0 Å². The van der Waals surface area contributed by atoms with Crippen molar-refractivity contribution in [1.82, 2.24) is 10.7 Å². The summed E-state index contributed by atoms with van der Waals surface area (Å²) in [6.07, 6.45) is 3.39. The first-order chi connectivity index (χ1) is 10.6. The molecule has 1 aromatic rings. The van der Waals surface area contributed by atoms with Crippen LogP contribution >= 0.6 is 34.8 Å². The predicted molar refractivity (Wildman–Crippen MR) is 103 cm³/mol. The van der Waals surface area contributed by atoms with E-state index in [9.17, 15) is 0 Å². The number of hydrazone groups is 1. The summed E-state index contributed by atoms with van der Waals surface area (Å²) in [5.41, 5.74) is 3.65. The van der Waals surface area contributed by atoms with Crippen molar-refractivity contribution >= 4 is 46.1 Å². The molecule has 0 fully saturated rings. The Morgan fingerprint density at radius 1 is 1.41 bits per heavy atom. The van der Waals surface area contributed by atoms with E-state index in [4.69, 9.17) is 21.7 Å². The monoisotopic (exact) mass is 433 g/mol. The minimum Gasteiger partial charge on any atom is -0.490 e. The minimum absolute atomic E-state index is 0.433. The molecule has 0 aliphatic rings. The molecule has 7 heteroatoms. The van der Waals surface area contributed by atoms with Gasteiger partial charge in [-0.15, -0.1) is 0 Å². The zero-order valence-corrected chi connectivity index (χ0v) is 15.7. The summed E-state index contributed by atoms with van der Waals surface area (Å²) in [4.78, 5) is 0. The first-order valence-corrected chi connectivity index (χ1v) is 8.38. The molecule has 0 amide bonds. The van der Waals surface area contributed by atoms with Crippen LogP contribution in [0.4, 0.5) is 0 Å². The van der Waals surface area contributed by atoms with E-state index in [0.29, 0.717) is 24.1 Å². The van der Waals surface area contributed by atoms with Crippen LogP contribution in [0, 0.1) is 3.57 Å². The third kappa shape index (κ3) is 6.18. The molecule has 0 aliphatic heterocycles. The van der Waals surface area contributed by atoms with Gasteiger partial charge in [0.2, 0.25) is 0 Å². The first kappa shape index (κ1) is 18.7. The highest BCUT2D eigenvalue weighted by Gasteiger charge is 2.11. The second-order valence-electron chi connectivity index (χ2n) is 4.09. The topological polar surface area (TPSA) is 54.9 Å². The zero-order chi connectivity index (χ0) is 16.4. The van der Waals surface area contributed by atoms with Crippen molar-refractivity contribution in [3.05, 3.63) is 33.9 Å². The van der Waals surface area contributed by atoms with Crippen molar-refractivity contribution in [2.24, 2.45) is 5.10 Å². The lowest BCUT2D eigenvalue weighted by Gasteiger charge is -2.13. The molecule has 0 heterocycles. The Morgan fingerprint density at radius 2 is 2.18 bits per heavy atom. The fourth-order valence-electron chi connectivity index (χ4n) is 1.57. The van der Waals surface area contributed by atoms with Crippen LogP contribution in [-0.4, -0.2) is 31.1 Å². The lowest BCUT2D eigenvalue weighted by Crippen LogP contribution is -2.31. The van der Waals surface area contributed by atoms with Gasteiger partial charge in [0.15, 0.2) is 16.6 Å². The second-order valence-corrected chi connectivity index (χ2v) is 5.66. The van der Waals surface area contributed by atoms with E-state index >= 15 is 0 Å². The Labute approximate surface area is 150 Å². The average molecular weight is 433 g/mol. The maximum absolute atomic E-state index is 5.66. The molecular weight excluding hydrogens is 413 g/mol. The van der Waals surface area contributed by atoms with Gasteiger partial charge in [0.1, 0.15) is 6.61 Å². The van der Waals surface area contributed by atoms with E-state index in [2.05, 4.69) is 45.0 Å². The molecule has 0 saturated heterocycles. The normalized spacial score (nSPS) is 10.3. The Bertz CT molecular complexity index is 550. The van der Waals surface area contributed by atoms with Crippen LogP contribution in [0.25, 0.3) is 0 Å². The summed E-state index contributed by atoms with van der Waals surface area (Å²) in [5.74, 6) is 1.41. The number of ether oxygens (including phenoxy) is 2. The summed E-state index contributed by atoms with van der Waals surface area (Å²) in [5, 5.41) is 7.55. The largest absolute Gasteiger partial charge is 0.490 e. The van der Waals surface area contributed by atoms with Gasteiger partial charge in [-0.25, -0.2) is 0 Å². The lowest BCUT2D eigenvalue weighted by molar-refractivity contribution is 0.295. The Morgan fingerprint density at radius 3 is 2.82 bits per heavy atom. The SMILES string of the molecule is C=CCOc1c(I)cc(C=NNC(=S)NCC)cc1OCC. The van der Waals surface area contributed by atoms with Crippen LogP contribution in [-0.2, 0) is 0 Å². The van der Waals surface area contributed by atoms with E-state index in [0.717, 1.165) is 21.4 Å². The molecule has 1 aromatic carbocycles. The summed E-state index contributed by atoms with van der Waals surface area (Å²) in [6, 6.07) is 3.84. The maximum Gasteiger partial charge on any atom is 0.186 e. The van der Waals surface area contributed by atoms with Gasteiger partial charge in [-0.3, -0.25) is 5.43 Å². The average Bonchev–Trinajstić information content (AvgIpc) is 2.47. The van der Waals surface area contributed by atoms with Gasteiger partial charge in [-0.2, -0.15) is 5.10 Å². The molecule has 22 heavy (non-hydrogen) atoms. The highest BCUT2D eigenvalue weighted by molar-refractivity contribution is 14.1. The smallest absolute Gasteiger partial charge is 0.186 e. The molecule has 0 aromatic heterocycles. The fourth-order valence-corrected chi connectivity index (χ4v) is 2.55. The van der Waals surface area contributed by atoms with E-state index in [1.807, 2.05) is 26.0 Å². The molecule has 0 radical (unpaired) electrons. The van der Waals surface area contributed by atoms with Crippen LogP contribution < -0.4 is 20.2 Å². The summed E-state index contributed by atoms with van der Waals surface area (Å²) in [7, 11) is 0. The third-order valence-electron chi connectivity index (χ3n) is 2.39. The standard InChI is InChI=1S/C15H20IN3O2S/c1-4-7-21-14-12(16)8-11(9-13(14)20-6-3)10-18-19-15(22)17-5-2/h4,8-10H,1,5-7H2,2-3H3,(H2,17,19,22). The molecule has 5 nitrogen and oxygen atoms in total. The van der Waals surface area contributed by atoms with Crippen molar-refractivity contribution in [1.29, 1.82) is 0 Å². The minimum atomic E-state index is 0.433. The second kappa shape index (κ2) is 10.4. The summed E-state index contributed by atoms with van der Waals surface area (Å²) < 4.78 is 12.2. The highest BCUT2D eigenvalue weighted by Crippen LogP contribution is 2.33. The maximum atomic E-state index is 5.66. The van der Waals surface area contributed by atoms with Crippen molar-refractivity contribution in [2.45, 2.75) is 13.8 Å². The number of rotatable bonds is 8. The highest BCUT2D eigenvalue weighted by atomic mass is 127. The lowest BCUT2D eigenvalue weighted by atomic mass is 10.2. The number of hydrogen-bond donors (Lipinski definition) is 2. The van der Waals surface area contributed by atoms with Gasteiger partial charge < -0.3 is 14.8 Å². The number of benzene rings is 1. The van der Waals surface area contributed by atoms with Gasteiger partial charge >= 0.3 is 0 Å². The molecule has 1 rings (SSSR count). The molecule has 0 aliphatic carbocycles. The van der Waals surface area contributed by atoms with Gasteiger partial charge in [0, 0.05) is 6.54 Å². The molecule has 120 valence electrons. The van der Waals surface area contributed by atoms with Crippen molar-refractivity contribution in [3.8, 4) is 11.5 Å². The zero-order valence-electron chi connectivity index (χ0n) is 12.7. The number of nitrogens with one attached hydrogen (secondary N) is 2. The number of nitrogens with zero attached hydrogens (tertiary/aromatic N) is 1. The van der Waals surface area contributed by atoms with E-state index in [1.54, 1.807) is 12.3 Å². The Balaban J connectivity index is 2.90. The molecule has 2 N–H and O–H groups in total. The molecule has 0 unspecified atom stereocenters. The number of halogens is 1. The van der Waals surface area contributed by atoms with Crippen molar-refractivity contribution < 1.29 is 9.47 Å². The van der Waals surface area contributed by atoms with E-state index in [1.165, 1.54) is 0 Å². The van der Waals surface area contributed by atoms with Crippen LogP contribution in [0.5, 0.6) is 11.5 Å². The van der Waals surface area contributed by atoms with Crippen molar-refractivity contribution in [2.75, 3.05) is 19.8 Å². The van der Waals surface area contributed by atoms with Crippen molar-refractivity contribution in [3.63, 3.8) is 0 Å². The van der Waals surface area contributed by atoms with Gasteiger partial charge in [-0.05, 0) is 66.4 Å². The Kier molecular flexibility index (Phi) is 8.83. The molecule has 0 bridgehead atoms. The quantitative estimate of drug-likeness (QED) is 0.217. The predicted octanol–water partition coefficient (Wildman–Crippen LogP) is 3.07. The summed E-state index contributed by atoms with van der Waals surface area (Å²) in [6.45, 7) is 9.30. The van der Waals surface area contributed by atoms with E-state index in [-0.39, 0.29) is 0 Å². The summed E-state index contributed by atoms with van der Waals surface area (Å²) >= 11 is 7.25. The van der Waals surface area contributed by atoms with Gasteiger partial charge in [-0.1, -0.05) is 12.7 Å².